The molecule has 0 aliphatic carbocycles. The Morgan fingerprint density at radius 1 is 1.32 bits per heavy atom. The molecule has 1 N–H and O–H groups in total. The largest absolute Gasteiger partial charge is 0.366 e. The SMILES string of the molecule is C#CCN1CCN(S(=O)(=O)c2c[nH]ccc2=O)CC1. The van der Waals surface area contributed by atoms with Gasteiger partial charge in [-0.25, -0.2) is 8.42 Å². The van der Waals surface area contributed by atoms with Gasteiger partial charge in [-0.05, 0) is 0 Å². The van der Waals surface area contributed by atoms with Crippen LogP contribution in [0.4, 0.5) is 0 Å². The Balaban J connectivity index is 2.17. The number of aromatic amines is 1. The Kier molecular flexibility index (Phi) is 4.04. The fraction of sp³-hybridized carbons (Fsp3) is 0.417. The van der Waals surface area contributed by atoms with Gasteiger partial charge in [-0.2, -0.15) is 4.31 Å². The first-order valence-corrected chi connectivity index (χ1v) is 7.33. The summed E-state index contributed by atoms with van der Waals surface area (Å²) in [4.78, 5) is 16.0. The molecular weight excluding hydrogens is 266 g/mol. The number of pyridine rings is 1. The third-order valence-electron chi connectivity index (χ3n) is 3.05. The molecule has 1 aromatic rings. The zero-order chi connectivity index (χ0) is 13.9. The van der Waals surface area contributed by atoms with Gasteiger partial charge in [0.1, 0.15) is 4.90 Å². The molecule has 2 heterocycles. The monoisotopic (exact) mass is 281 g/mol. The summed E-state index contributed by atoms with van der Waals surface area (Å²) in [5, 5.41) is 0. The molecule has 1 fully saturated rings. The molecule has 0 aromatic carbocycles. The highest BCUT2D eigenvalue weighted by Gasteiger charge is 2.29. The van der Waals surface area contributed by atoms with Gasteiger partial charge in [-0.1, -0.05) is 5.92 Å². The lowest BCUT2D eigenvalue weighted by atomic mass is 10.4. The summed E-state index contributed by atoms with van der Waals surface area (Å²) < 4.78 is 26.0. The van der Waals surface area contributed by atoms with Gasteiger partial charge in [0.15, 0.2) is 0 Å². The van der Waals surface area contributed by atoms with Crippen LogP contribution in [0, 0.1) is 12.3 Å². The van der Waals surface area contributed by atoms with Crippen molar-refractivity contribution in [2.24, 2.45) is 0 Å². The van der Waals surface area contributed by atoms with Crippen molar-refractivity contribution in [2.45, 2.75) is 4.90 Å². The molecule has 0 bridgehead atoms. The second-order valence-corrected chi connectivity index (χ2v) is 6.16. The maximum atomic E-state index is 12.3. The van der Waals surface area contributed by atoms with Gasteiger partial charge in [-0.3, -0.25) is 9.69 Å². The molecule has 0 unspecified atom stereocenters. The summed E-state index contributed by atoms with van der Waals surface area (Å²) in [5.41, 5.74) is -0.496. The van der Waals surface area contributed by atoms with E-state index in [2.05, 4.69) is 10.9 Å². The van der Waals surface area contributed by atoms with Gasteiger partial charge in [0.2, 0.25) is 15.5 Å². The summed E-state index contributed by atoms with van der Waals surface area (Å²) in [7, 11) is -3.72. The quantitative estimate of drug-likeness (QED) is 0.745. The van der Waals surface area contributed by atoms with Crippen molar-refractivity contribution >= 4 is 10.0 Å². The number of H-pyrrole nitrogens is 1. The zero-order valence-corrected chi connectivity index (χ0v) is 11.2. The van der Waals surface area contributed by atoms with Gasteiger partial charge < -0.3 is 4.98 Å². The molecule has 7 heteroatoms. The Morgan fingerprint density at radius 2 is 2.00 bits per heavy atom. The molecule has 102 valence electrons. The molecule has 0 saturated carbocycles. The van der Waals surface area contributed by atoms with Crippen molar-refractivity contribution in [3.8, 4) is 12.3 Å². The van der Waals surface area contributed by atoms with E-state index in [1.54, 1.807) is 0 Å². The topological polar surface area (TPSA) is 73.5 Å². The third kappa shape index (κ3) is 2.87. The molecule has 6 nitrogen and oxygen atoms in total. The van der Waals surface area contributed by atoms with Crippen molar-refractivity contribution in [1.29, 1.82) is 0 Å². The highest BCUT2D eigenvalue weighted by Crippen LogP contribution is 2.13. The fourth-order valence-electron chi connectivity index (χ4n) is 2.00. The lowest BCUT2D eigenvalue weighted by molar-refractivity contribution is 0.207. The van der Waals surface area contributed by atoms with Gasteiger partial charge >= 0.3 is 0 Å². The average Bonchev–Trinajstić information content (AvgIpc) is 2.40. The smallest absolute Gasteiger partial charge is 0.248 e. The molecule has 1 aliphatic rings. The molecule has 0 spiro atoms. The molecule has 19 heavy (non-hydrogen) atoms. The number of hydrogen-bond donors (Lipinski definition) is 1. The van der Waals surface area contributed by atoms with Crippen LogP contribution in [0.15, 0.2) is 28.2 Å². The lowest BCUT2D eigenvalue weighted by Crippen LogP contribution is -2.49. The summed E-state index contributed by atoms with van der Waals surface area (Å²) in [6.07, 6.45) is 7.86. The van der Waals surface area contributed by atoms with Gasteiger partial charge in [0, 0.05) is 44.6 Å². The molecule has 0 radical (unpaired) electrons. The predicted octanol–water partition coefficient (Wildman–Crippen LogP) is -0.686. The number of sulfonamides is 1. The first-order chi connectivity index (χ1) is 9.05. The number of piperazine rings is 1. The summed E-state index contributed by atoms with van der Waals surface area (Å²) in [6, 6.07) is 1.21. The van der Waals surface area contributed by atoms with Crippen molar-refractivity contribution in [3.63, 3.8) is 0 Å². The van der Waals surface area contributed by atoms with Gasteiger partial charge in [-0.15, -0.1) is 6.42 Å². The van der Waals surface area contributed by atoms with Crippen molar-refractivity contribution < 1.29 is 8.42 Å². The van der Waals surface area contributed by atoms with Crippen LogP contribution in [0.3, 0.4) is 0 Å². The van der Waals surface area contributed by atoms with Crippen LogP contribution >= 0.6 is 0 Å². The van der Waals surface area contributed by atoms with E-state index in [9.17, 15) is 13.2 Å². The normalized spacial score (nSPS) is 18.1. The molecule has 1 aliphatic heterocycles. The van der Waals surface area contributed by atoms with E-state index < -0.39 is 15.5 Å². The van der Waals surface area contributed by atoms with E-state index in [0.29, 0.717) is 32.7 Å². The molecule has 0 amide bonds. The Labute approximate surface area is 112 Å². The number of rotatable bonds is 3. The Bertz CT molecular complexity index is 637. The number of hydrogen-bond acceptors (Lipinski definition) is 4. The highest BCUT2D eigenvalue weighted by molar-refractivity contribution is 7.89. The standard InChI is InChI=1S/C12H15N3O3S/c1-2-5-14-6-8-15(9-7-14)19(17,18)12-10-13-4-3-11(12)16/h1,3-4,10H,5-9H2,(H,13,16). The number of terminal acetylenes is 1. The summed E-state index contributed by atoms with van der Waals surface area (Å²) in [5.74, 6) is 2.53. The Hall–Kier alpha value is -1.62. The lowest BCUT2D eigenvalue weighted by Gasteiger charge is -2.32. The zero-order valence-electron chi connectivity index (χ0n) is 10.4. The van der Waals surface area contributed by atoms with E-state index in [1.807, 2.05) is 4.90 Å². The maximum Gasteiger partial charge on any atom is 0.248 e. The fourth-order valence-corrected chi connectivity index (χ4v) is 3.46. The van der Waals surface area contributed by atoms with Crippen LogP contribution in [0.25, 0.3) is 0 Å². The van der Waals surface area contributed by atoms with Crippen molar-refractivity contribution in [2.75, 3.05) is 32.7 Å². The van der Waals surface area contributed by atoms with Crippen LogP contribution in [0.5, 0.6) is 0 Å². The van der Waals surface area contributed by atoms with Crippen LogP contribution in [-0.4, -0.2) is 55.3 Å². The van der Waals surface area contributed by atoms with Gasteiger partial charge in [0.05, 0.1) is 6.54 Å². The first-order valence-electron chi connectivity index (χ1n) is 5.89. The van der Waals surface area contributed by atoms with E-state index in [1.165, 1.54) is 22.8 Å². The van der Waals surface area contributed by atoms with E-state index in [-0.39, 0.29) is 4.90 Å². The molecule has 1 saturated heterocycles. The second-order valence-electron chi connectivity index (χ2n) is 4.26. The maximum absolute atomic E-state index is 12.3. The van der Waals surface area contributed by atoms with Crippen LogP contribution in [-0.2, 0) is 10.0 Å². The third-order valence-corrected chi connectivity index (χ3v) is 4.97. The first kappa shape index (κ1) is 13.8. The van der Waals surface area contributed by atoms with E-state index >= 15 is 0 Å². The van der Waals surface area contributed by atoms with Crippen LogP contribution in [0.1, 0.15) is 0 Å². The van der Waals surface area contributed by atoms with Crippen molar-refractivity contribution in [1.82, 2.24) is 14.2 Å². The van der Waals surface area contributed by atoms with Crippen molar-refractivity contribution in [3.05, 3.63) is 28.7 Å². The summed E-state index contributed by atoms with van der Waals surface area (Å²) in [6.45, 7) is 2.36. The van der Waals surface area contributed by atoms with Gasteiger partial charge in [0.25, 0.3) is 0 Å². The molecule has 0 atom stereocenters. The summed E-state index contributed by atoms with van der Waals surface area (Å²) >= 11 is 0. The molecule has 1 aromatic heterocycles. The van der Waals surface area contributed by atoms with E-state index in [4.69, 9.17) is 6.42 Å². The Morgan fingerprint density at radius 3 is 2.58 bits per heavy atom. The molecular formula is C12H15N3O3S. The second kappa shape index (κ2) is 5.57. The number of nitrogens with zero attached hydrogens (tertiary/aromatic N) is 2. The number of aromatic nitrogens is 1. The average molecular weight is 281 g/mol. The minimum absolute atomic E-state index is 0.208. The minimum Gasteiger partial charge on any atom is -0.366 e. The predicted molar refractivity (Wildman–Crippen MR) is 71.1 cm³/mol. The van der Waals surface area contributed by atoms with Crippen LogP contribution < -0.4 is 5.43 Å². The van der Waals surface area contributed by atoms with Crippen LogP contribution in [0.2, 0.25) is 0 Å². The minimum atomic E-state index is -3.72. The number of nitrogens with one attached hydrogen (secondary N) is 1. The van der Waals surface area contributed by atoms with E-state index in [0.717, 1.165) is 0 Å². The highest BCUT2D eigenvalue weighted by atomic mass is 32.2. The molecule has 2 rings (SSSR count).